The van der Waals surface area contributed by atoms with Crippen molar-refractivity contribution in [2.75, 3.05) is 10.5 Å². The van der Waals surface area contributed by atoms with Crippen LogP contribution in [0.5, 0.6) is 0 Å². The number of nitrogens with one attached hydrogen (secondary N) is 2. The lowest BCUT2D eigenvalue weighted by Gasteiger charge is -2.09. The van der Waals surface area contributed by atoms with Gasteiger partial charge >= 0.3 is 0 Å². The Kier molecular flexibility index (Phi) is 3.14. The first-order valence-electron chi connectivity index (χ1n) is 5.26. The van der Waals surface area contributed by atoms with E-state index < -0.39 is 10.0 Å². The van der Waals surface area contributed by atoms with Crippen LogP contribution in [0.25, 0.3) is 0 Å². The molecule has 1 heterocycles. The predicted octanol–water partition coefficient (Wildman–Crippen LogP) is 0.973. The molecule has 0 fully saturated rings. The molecule has 2 rings (SSSR count). The quantitative estimate of drug-likeness (QED) is 0.771. The number of hydrogen-bond acceptors (Lipinski definition) is 5. The Balaban J connectivity index is 2.46. The number of nitrogen functional groups attached to an aromatic ring is 1. The maximum absolute atomic E-state index is 12.2. The molecule has 0 atom stereocenters. The zero-order valence-corrected chi connectivity index (χ0v) is 10.8. The fourth-order valence-electron chi connectivity index (χ4n) is 1.53. The highest BCUT2D eigenvalue weighted by molar-refractivity contribution is 7.92. The van der Waals surface area contributed by atoms with Crippen LogP contribution in [0.4, 0.5) is 11.5 Å². The van der Waals surface area contributed by atoms with Gasteiger partial charge in [-0.1, -0.05) is 6.07 Å². The molecule has 0 radical (unpaired) electrons. The fraction of sp³-hybridized carbons (Fsp3) is 0.0909. The van der Waals surface area contributed by atoms with E-state index in [1.165, 1.54) is 12.3 Å². The zero-order chi connectivity index (χ0) is 14.0. The van der Waals surface area contributed by atoms with Crippen LogP contribution >= 0.6 is 0 Å². The summed E-state index contributed by atoms with van der Waals surface area (Å²) in [5.74, 6) is 0.0989. The highest BCUT2D eigenvalue weighted by Crippen LogP contribution is 2.22. The standard InChI is InChI=1S/C11H11N5O2S/c1-7-2-3-8(5-12)4-10(7)19(17,18)16-11-9(13)6-14-15-11/h2-4,6H,13H2,1H3,(H2,14,15,16). The van der Waals surface area contributed by atoms with Gasteiger partial charge in [-0.3, -0.25) is 9.82 Å². The van der Waals surface area contributed by atoms with E-state index in [0.29, 0.717) is 5.56 Å². The molecule has 0 aliphatic heterocycles. The number of nitriles is 1. The lowest BCUT2D eigenvalue weighted by atomic mass is 10.2. The first-order chi connectivity index (χ1) is 8.94. The van der Waals surface area contributed by atoms with E-state index in [1.54, 1.807) is 19.1 Å². The number of sulfonamides is 1. The molecule has 4 N–H and O–H groups in total. The molecule has 0 saturated heterocycles. The summed E-state index contributed by atoms with van der Waals surface area (Å²) in [4.78, 5) is 0.0283. The number of H-pyrrole nitrogens is 1. The predicted molar refractivity (Wildman–Crippen MR) is 69.7 cm³/mol. The number of aromatic amines is 1. The lowest BCUT2D eigenvalue weighted by Crippen LogP contribution is -2.15. The van der Waals surface area contributed by atoms with Crippen LogP contribution < -0.4 is 10.5 Å². The molecule has 8 heteroatoms. The van der Waals surface area contributed by atoms with Crippen LogP contribution in [0, 0.1) is 18.3 Å². The molecule has 7 nitrogen and oxygen atoms in total. The van der Waals surface area contributed by atoms with Crippen LogP contribution in [0.1, 0.15) is 11.1 Å². The first kappa shape index (κ1) is 12.9. The minimum Gasteiger partial charge on any atom is -0.394 e. The third-order valence-electron chi connectivity index (χ3n) is 2.51. The van der Waals surface area contributed by atoms with Crippen molar-refractivity contribution in [2.45, 2.75) is 11.8 Å². The average Bonchev–Trinajstić information content (AvgIpc) is 2.75. The summed E-state index contributed by atoms with van der Waals surface area (Å²) in [6, 6.07) is 6.34. The second-order valence-electron chi connectivity index (χ2n) is 3.90. The van der Waals surface area contributed by atoms with Crippen molar-refractivity contribution in [1.29, 1.82) is 5.26 Å². The van der Waals surface area contributed by atoms with E-state index in [1.807, 2.05) is 6.07 Å². The van der Waals surface area contributed by atoms with Crippen LogP contribution in [0.3, 0.4) is 0 Å². The highest BCUT2D eigenvalue weighted by atomic mass is 32.2. The Hall–Kier alpha value is -2.53. The molecular formula is C11H11N5O2S. The molecule has 0 bridgehead atoms. The minimum atomic E-state index is -3.82. The molecule has 0 unspecified atom stereocenters. The van der Waals surface area contributed by atoms with E-state index in [-0.39, 0.29) is 22.0 Å². The van der Waals surface area contributed by atoms with E-state index >= 15 is 0 Å². The molecule has 0 aliphatic carbocycles. The van der Waals surface area contributed by atoms with E-state index in [2.05, 4.69) is 14.9 Å². The van der Waals surface area contributed by atoms with E-state index in [4.69, 9.17) is 11.0 Å². The second kappa shape index (κ2) is 4.62. The number of nitrogens with zero attached hydrogens (tertiary/aromatic N) is 2. The van der Waals surface area contributed by atoms with Crippen LogP contribution in [-0.4, -0.2) is 18.6 Å². The van der Waals surface area contributed by atoms with Crippen LogP contribution in [0.15, 0.2) is 29.3 Å². The molecule has 0 spiro atoms. The summed E-state index contributed by atoms with van der Waals surface area (Å²) < 4.78 is 26.7. The van der Waals surface area contributed by atoms with Gasteiger partial charge in [0, 0.05) is 0 Å². The summed E-state index contributed by atoms with van der Waals surface area (Å²) in [7, 11) is -3.82. The average molecular weight is 277 g/mol. The molecule has 19 heavy (non-hydrogen) atoms. The van der Waals surface area contributed by atoms with Gasteiger partial charge in [0.05, 0.1) is 28.4 Å². The van der Waals surface area contributed by atoms with Crippen molar-refractivity contribution in [2.24, 2.45) is 0 Å². The van der Waals surface area contributed by atoms with Gasteiger partial charge in [0.1, 0.15) is 0 Å². The summed E-state index contributed by atoms with van der Waals surface area (Å²) in [5, 5.41) is 14.9. The molecule has 2 aromatic rings. The SMILES string of the molecule is Cc1ccc(C#N)cc1S(=O)(=O)Nc1[nH]ncc1N. The van der Waals surface area contributed by atoms with Crippen molar-refractivity contribution in [3.05, 3.63) is 35.5 Å². The van der Waals surface area contributed by atoms with Crippen molar-refractivity contribution in [3.63, 3.8) is 0 Å². The minimum absolute atomic E-state index is 0.0283. The van der Waals surface area contributed by atoms with Gasteiger partial charge in [0.15, 0.2) is 5.82 Å². The summed E-state index contributed by atoms with van der Waals surface area (Å²) >= 11 is 0. The van der Waals surface area contributed by atoms with E-state index in [0.717, 1.165) is 0 Å². The Morgan fingerprint density at radius 2 is 2.21 bits per heavy atom. The van der Waals surface area contributed by atoms with Gasteiger partial charge < -0.3 is 5.73 Å². The molecule has 1 aromatic heterocycles. The lowest BCUT2D eigenvalue weighted by molar-refractivity contribution is 0.600. The number of nitrogens with two attached hydrogens (primary N) is 1. The number of aromatic nitrogens is 2. The number of aryl methyl sites for hydroxylation is 1. The molecule has 1 aromatic carbocycles. The number of rotatable bonds is 3. The van der Waals surface area contributed by atoms with Gasteiger partial charge in [-0.25, -0.2) is 8.42 Å². The van der Waals surface area contributed by atoms with Crippen molar-refractivity contribution >= 4 is 21.5 Å². The highest BCUT2D eigenvalue weighted by Gasteiger charge is 2.19. The largest absolute Gasteiger partial charge is 0.394 e. The third-order valence-corrected chi connectivity index (χ3v) is 4.00. The summed E-state index contributed by atoms with van der Waals surface area (Å²) in [6.07, 6.45) is 1.30. The topological polar surface area (TPSA) is 125 Å². The molecule has 98 valence electrons. The molecule has 0 amide bonds. The van der Waals surface area contributed by atoms with Gasteiger partial charge in [0.2, 0.25) is 0 Å². The molecule has 0 aliphatic rings. The first-order valence-corrected chi connectivity index (χ1v) is 6.75. The smallest absolute Gasteiger partial charge is 0.263 e. The number of benzene rings is 1. The Morgan fingerprint density at radius 3 is 2.79 bits per heavy atom. The number of anilines is 2. The van der Waals surface area contributed by atoms with Crippen LogP contribution in [0.2, 0.25) is 0 Å². The second-order valence-corrected chi connectivity index (χ2v) is 5.55. The Bertz CT molecular complexity index is 758. The number of hydrogen-bond donors (Lipinski definition) is 3. The van der Waals surface area contributed by atoms with Crippen LogP contribution in [-0.2, 0) is 10.0 Å². The molecular weight excluding hydrogens is 266 g/mol. The van der Waals surface area contributed by atoms with E-state index in [9.17, 15) is 8.42 Å². The Labute approximate surface area is 110 Å². The van der Waals surface area contributed by atoms with Crippen molar-refractivity contribution in [3.8, 4) is 6.07 Å². The van der Waals surface area contributed by atoms with Crippen molar-refractivity contribution < 1.29 is 8.42 Å². The van der Waals surface area contributed by atoms with Gasteiger partial charge in [-0.15, -0.1) is 0 Å². The van der Waals surface area contributed by atoms with Gasteiger partial charge in [-0.05, 0) is 24.6 Å². The fourth-order valence-corrected chi connectivity index (χ4v) is 2.84. The maximum atomic E-state index is 12.2. The normalized spacial score (nSPS) is 10.9. The van der Waals surface area contributed by atoms with Gasteiger partial charge in [-0.2, -0.15) is 10.4 Å². The maximum Gasteiger partial charge on any atom is 0.263 e. The monoisotopic (exact) mass is 277 g/mol. The zero-order valence-electron chi connectivity index (χ0n) is 10.0. The van der Waals surface area contributed by atoms with Crippen molar-refractivity contribution in [1.82, 2.24) is 10.2 Å². The van der Waals surface area contributed by atoms with Gasteiger partial charge in [0.25, 0.3) is 10.0 Å². The summed E-state index contributed by atoms with van der Waals surface area (Å²) in [6.45, 7) is 1.64. The Morgan fingerprint density at radius 1 is 1.47 bits per heavy atom. The third kappa shape index (κ3) is 2.51. The summed E-state index contributed by atoms with van der Waals surface area (Å²) in [5.41, 5.74) is 6.54. The molecule has 0 saturated carbocycles.